The molecule has 4 nitrogen and oxygen atoms in total. The molecule has 2 aromatic carbocycles. The van der Waals surface area contributed by atoms with Gasteiger partial charge in [0.15, 0.2) is 0 Å². The molecule has 0 amide bonds. The number of aryl methyl sites for hydroxylation is 1. The second kappa shape index (κ2) is 9.23. The maximum atomic E-state index is 13.0. The molecule has 4 atom stereocenters. The van der Waals surface area contributed by atoms with Crippen LogP contribution in [0.2, 0.25) is 0 Å². The number of carbonyl (C=O) groups excluding carboxylic acids is 1. The zero-order chi connectivity index (χ0) is 21.0. The molecule has 2 N–H and O–H groups in total. The SMILES string of the molecule is C[C@H]1O[C@@H](C(C)(C)C)OC(=O)C1[C@@H](CCc1ccccc1)Sc1ccccc1N. The standard InChI is InChI=1S/C24H31NO3S/c1-16-21(22(26)28-23(27-16)24(2,3)4)20(15-14-17-10-6-5-7-11-17)29-19-13-9-8-12-18(19)25/h5-13,16,20-21,23H,14-15,25H2,1-4H3/t16-,20-,21?,23-/m1/s1. The van der Waals surface area contributed by atoms with Gasteiger partial charge in [-0.1, -0.05) is 63.2 Å². The van der Waals surface area contributed by atoms with E-state index in [0.29, 0.717) is 0 Å². The molecule has 1 heterocycles. The van der Waals surface area contributed by atoms with Gasteiger partial charge < -0.3 is 15.2 Å². The largest absolute Gasteiger partial charge is 0.435 e. The van der Waals surface area contributed by atoms with Crippen LogP contribution in [0.5, 0.6) is 0 Å². The number of cyclic esters (lactones) is 1. The highest BCUT2D eigenvalue weighted by molar-refractivity contribution is 8.00. The molecule has 1 aliphatic heterocycles. The van der Waals surface area contributed by atoms with E-state index in [9.17, 15) is 4.79 Å². The van der Waals surface area contributed by atoms with Crippen molar-refractivity contribution in [1.82, 2.24) is 0 Å². The lowest BCUT2D eigenvalue weighted by Crippen LogP contribution is -2.50. The lowest BCUT2D eigenvalue weighted by Gasteiger charge is -2.41. The summed E-state index contributed by atoms with van der Waals surface area (Å²) in [7, 11) is 0. The Morgan fingerprint density at radius 1 is 1.07 bits per heavy atom. The fourth-order valence-corrected chi connectivity index (χ4v) is 4.94. The molecular formula is C24H31NO3S. The molecule has 0 radical (unpaired) electrons. The number of carbonyl (C=O) groups is 1. The number of esters is 1. The summed E-state index contributed by atoms with van der Waals surface area (Å²) in [5, 5.41) is 0.00308. The van der Waals surface area contributed by atoms with Crippen molar-refractivity contribution in [2.24, 2.45) is 11.3 Å². The Morgan fingerprint density at radius 3 is 2.34 bits per heavy atom. The number of thioether (sulfide) groups is 1. The number of hydrogen-bond acceptors (Lipinski definition) is 5. The van der Waals surface area contributed by atoms with E-state index >= 15 is 0 Å². The number of rotatable bonds is 6. The summed E-state index contributed by atoms with van der Waals surface area (Å²) in [6, 6.07) is 18.1. The molecule has 1 saturated heterocycles. The summed E-state index contributed by atoms with van der Waals surface area (Å²) in [5.74, 6) is -0.523. The maximum absolute atomic E-state index is 13.0. The Bertz CT molecular complexity index is 818. The van der Waals surface area contributed by atoms with E-state index in [1.165, 1.54) is 5.56 Å². The number of ether oxygens (including phenoxy) is 2. The molecule has 0 saturated carbocycles. The van der Waals surface area contributed by atoms with Crippen molar-refractivity contribution in [3.63, 3.8) is 0 Å². The second-order valence-electron chi connectivity index (χ2n) is 8.72. The lowest BCUT2D eigenvalue weighted by molar-refractivity contribution is -0.253. The zero-order valence-electron chi connectivity index (χ0n) is 17.6. The predicted octanol–water partition coefficient (Wildman–Crippen LogP) is 5.31. The van der Waals surface area contributed by atoms with Crippen LogP contribution >= 0.6 is 11.8 Å². The Hall–Kier alpha value is -1.98. The number of para-hydroxylation sites is 1. The average molecular weight is 414 g/mol. The highest BCUT2D eigenvalue weighted by Crippen LogP contribution is 2.40. The Labute approximate surface area is 178 Å². The second-order valence-corrected chi connectivity index (χ2v) is 10.0. The van der Waals surface area contributed by atoms with E-state index in [1.807, 2.05) is 70.2 Å². The summed E-state index contributed by atoms with van der Waals surface area (Å²) in [5.41, 5.74) is 7.91. The number of nitrogen functional groups attached to an aromatic ring is 1. The number of anilines is 1. The van der Waals surface area contributed by atoms with Crippen LogP contribution in [-0.4, -0.2) is 23.6 Å². The molecule has 29 heavy (non-hydrogen) atoms. The van der Waals surface area contributed by atoms with Crippen molar-refractivity contribution < 1.29 is 14.3 Å². The first kappa shape index (κ1) is 21.7. The molecule has 0 aliphatic carbocycles. The van der Waals surface area contributed by atoms with Gasteiger partial charge in [-0.3, -0.25) is 4.79 Å². The van der Waals surface area contributed by atoms with Crippen molar-refractivity contribution >= 4 is 23.4 Å². The van der Waals surface area contributed by atoms with E-state index < -0.39 is 6.29 Å². The number of hydrogen-bond donors (Lipinski definition) is 1. The minimum atomic E-state index is -0.525. The van der Waals surface area contributed by atoms with Gasteiger partial charge in [0.25, 0.3) is 0 Å². The highest BCUT2D eigenvalue weighted by Gasteiger charge is 2.45. The summed E-state index contributed by atoms with van der Waals surface area (Å²) in [4.78, 5) is 14.0. The van der Waals surface area contributed by atoms with Crippen LogP contribution in [0.15, 0.2) is 59.5 Å². The topological polar surface area (TPSA) is 61.5 Å². The normalized spacial score (nSPS) is 23.4. The zero-order valence-corrected chi connectivity index (χ0v) is 18.4. The average Bonchev–Trinajstić information content (AvgIpc) is 2.67. The first-order valence-corrected chi connectivity index (χ1v) is 11.0. The van der Waals surface area contributed by atoms with Crippen LogP contribution in [0, 0.1) is 11.3 Å². The van der Waals surface area contributed by atoms with Crippen LogP contribution in [-0.2, 0) is 20.7 Å². The fraction of sp³-hybridized carbons (Fsp3) is 0.458. The van der Waals surface area contributed by atoms with Gasteiger partial charge in [-0.2, -0.15) is 0 Å². The van der Waals surface area contributed by atoms with Crippen molar-refractivity contribution in [3.05, 3.63) is 60.2 Å². The van der Waals surface area contributed by atoms with Crippen molar-refractivity contribution in [3.8, 4) is 0 Å². The third-order valence-electron chi connectivity index (χ3n) is 5.20. The molecule has 0 spiro atoms. The number of nitrogens with two attached hydrogens (primary N) is 1. The molecule has 5 heteroatoms. The van der Waals surface area contributed by atoms with Crippen LogP contribution in [0.25, 0.3) is 0 Å². The van der Waals surface area contributed by atoms with E-state index in [4.69, 9.17) is 15.2 Å². The van der Waals surface area contributed by atoms with E-state index in [-0.39, 0.29) is 28.7 Å². The minimum absolute atomic E-state index is 0.00308. The van der Waals surface area contributed by atoms with Crippen LogP contribution < -0.4 is 5.73 Å². The maximum Gasteiger partial charge on any atom is 0.315 e. The van der Waals surface area contributed by atoms with Crippen LogP contribution in [0.4, 0.5) is 5.69 Å². The summed E-state index contributed by atoms with van der Waals surface area (Å²) in [6.45, 7) is 8.03. The Morgan fingerprint density at radius 2 is 1.72 bits per heavy atom. The van der Waals surface area contributed by atoms with Crippen LogP contribution in [0.3, 0.4) is 0 Å². The van der Waals surface area contributed by atoms with Gasteiger partial charge >= 0.3 is 5.97 Å². The first-order chi connectivity index (χ1) is 13.8. The number of benzene rings is 2. The predicted molar refractivity (Wildman–Crippen MR) is 119 cm³/mol. The van der Waals surface area contributed by atoms with Crippen molar-refractivity contribution in [2.75, 3.05) is 5.73 Å². The van der Waals surface area contributed by atoms with Gasteiger partial charge in [0.05, 0.1) is 12.0 Å². The van der Waals surface area contributed by atoms with Gasteiger partial charge in [0, 0.05) is 21.2 Å². The monoisotopic (exact) mass is 413 g/mol. The lowest BCUT2D eigenvalue weighted by atomic mass is 9.90. The highest BCUT2D eigenvalue weighted by atomic mass is 32.2. The quantitative estimate of drug-likeness (QED) is 0.395. The minimum Gasteiger partial charge on any atom is -0.435 e. The third kappa shape index (κ3) is 5.55. The fourth-order valence-electron chi connectivity index (χ4n) is 3.53. The van der Waals surface area contributed by atoms with E-state index in [2.05, 4.69) is 12.1 Å². The van der Waals surface area contributed by atoms with Gasteiger partial charge in [-0.15, -0.1) is 11.8 Å². The van der Waals surface area contributed by atoms with Gasteiger partial charge in [-0.05, 0) is 37.5 Å². The van der Waals surface area contributed by atoms with E-state index in [1.54, 1.807) is 11.8 Å². The molecular weight excluding hydrogens is 382 g/mol. The molecule has 3 rings (SSSR count). The molecule has 0 bridgehead atoms. The summed E-state index contributed by atoms with van der Waals surface area (Å²) in [6.07, 6.45) is 0.961. The summed E-state index contributed by atoms with van der Waals surface area (Å²) < 4.78 is 11.9. The molecule has 0 aromatic heterocycles. The first-order valence-electron chi connectivity index (χ1n) is 10.2. The molecule has 1 fully saturated rings. The molecule has 1 unspecified atom stereocenters. The van der Waals surface area contributed by atoms with Gasteiger partial charge in [0.1, 0.15) is 0 Å². The van der Waals surface area contributed by atoms with Crippen molar-refractivity contribution in [2.45, 2.75) is 63.1 Å². The summed E-state index contributed by atoms with van der Waals surface area (Å²) >= 11 is 1.65. The van der Waals surface area contributed by atoms with Crippen LogP contribution in [0.1, 0.15) is 39.7 Å². The smallest absolute Gasteiger partial charge is 0.315 e. The van der Waals surface area contributed by atoms with E-state index in [0.717, 1.165) is 23.4 Å². The Balaban J connectivity index is 1.81. The molecule has 2 aromatic rings. The van der Waals surface area contributed by atoms with Gasteiger partial charge in [0.2, 0.25) is 6.29 Å². The molecule has 156 valence electrons. The third-order valence-corrected chi connectivity index (χ3v) is 6.66. The Kier molecular flexibility index (Phi) is 6.91. The molecule has 1 aliphatic rings. The van der Waals surface area contributed by atoms with Crippen molar-refractivity contribution in [1.29, 1.82) is 0 Å². The van der Waals surface area contributed by atoms with Gasteiger partial charge in [-0.25, -0.2) is 0 Å².